The van der Waals surface area contributed by atoms with Crippen LogP contribution in [0, 0.1) is 0 Å². The largest absolute Gasteiger partial charge is 0.212 e. The summed E-state index contributed by atoms with van der Waals surface area (Å²) in [4.78, 5) is 0. The minimum Gasteiger partial charge on any atom is -0.212 e. The summed E-state index contributed by atoms with van der Waals surface area (Å²) in [7, 11) is -3.11. The second kappa shape index (κ2) is 4.81. The molecule has 0 saturated heterocycles. The predicted molar refractivity (Wildman–Crippen MR) is 59.1 cm³/mol. The van der Waals surface area contributed by atoms with Crippen molar-refractivity contribution in [1.82, 2.24) is 4.72 Å². The average Bonchev–Trinajstić information content (AvgIpc) is 2.08. The topological polar surface area (TPSA) is 46.2 Å². The first kappa shape index (κ1) is 12.3. The lowest BCUT2D eigenvalue weighted by molar-refractivity contribution is 0.252. The van der Waals surface area contributed by atoms with Crippen LogP contribution in [0.1, 0.15) is 39.0 Å². The molecule has 0 aromatic rings. The molecule has 3 nitrogen and oxygen atoms in total. The van der Waals surface area contributed by atoms with Gasteiger partial charge in [-0.25, -0.2) is 13.1 Å². The molecule has 0 amide bonds. The van der Waals surface area contributed by atoms with E-state index in [0.29, 0.717) is 12.3 Å². The highest BCUT2D eigenvalue weighted by Gasteiger charge is 2.39. The van der Waals surface area contributed by atoms with Gasteiger partial charge in [-0.3, -0.25) is 0 Å². The van der Waals surface area contributed by atoms with E-state index < -0.39 is 10.0 Å². The van der Waals surface area contributed by atoms with Crippen molar-refractivity contribution in [2.75, 3.05) is 11.6 Å². The Labute approximate surface area is 91.3 Å². The van der Waals surface area contributed by atoms with Crippen LogP contribution in [-0.2, 0) is 10.0 Å². The van der Waals surface area contributed by atoms with Gasteiger partial charge in [0.1, 0.15) is 0 Å². The summed E-state index contributed by atoms with van der Waals surface area (Å²) in [5.74, 6) is 0.612. The van der Waals surface area contributed by atoms with Crippen LogP contribution >= 0.6 is 11.6 Å². The van der Waals surface area contributed by atoms with Crippen molar-refractivity contribution in [3.05, 3.63) is 0 Å². The molecule has 14 heavy (non-hydrogen) atoms. The Balaban J connectivity index is 2.49. The molecular weight excluding hydrogens is 222 g/mol. The van der Waals surface area contributed by atoms with Crippen LogP contribution < -0.4 is 4.72 Å². The summed E-state index contributed by atoms with van der Waals surface area (Å²) < 4.78 is 25.9. The summed E-state index contributed by atoms with van der Waals surface area (Å²) in [6.45, 7) is 1.98. The van der Waals surface area contributed by atoms with Gasteiger partial charge in [0.2, 0.25) is 10.0 Å². The van der Waals surface area contributed by atoms with Crippen molar-refractivity contribution in [3.8, 4) is 0 Å². The molecule has 0 atom stereocenters. The van der Waals surface area contributed by atoms with E-state index in [2.05, 4.69) is 4.72 Å². The second-order valence-corrected chi connectivity index (χ2v) is 6.15. The minimum atomic E-state index is -3.11. The zero-order valence-corrected chi connectivity index (χ0v) is 10.1. The van der Waals surface area contributed by atoms with Gasteiger partial charge in [0, 0.05) is 11.4 Å². The number of hydrogen-bond acceptors (Lipinski definition) is 2. The Morgan fingerprint density at radius 3 is 2.43 bits per heavy atom. The van der Waals surface area contributed by atoms with Gasteiger partial charge in [0.15, 0.2) is 0 Å². The first-order chi connectivity index (χ1) is 6.54. The van der Waals surface area contributed by atoms with Gasteiger partial charge in [-0.15, -0.1) is 11.6 Å². The first-order valence-electron chi connectivity index (χ1n) is 5.11. The molecule has 0 heterocycles. The van der Waals surface area contributed by atoms with E-state index in [-0.39, 0.29) is 11.3 Å². The van der Waals surface area contributed by atoms with Crippen LogP contribution in [-0.4, -0.2) is 25.6 Å². The molecule has 1 aliphatic rings. The molecule has 0 aromatic carbocycles. The molecule has 0 aliphatic heterocycles. The molecular formula is C9H18ClNO2S. The van der Waals surface area contributed by atoms with Crippen molar-refractivity contribution < 1.29 is 8.42 Å². The number of hydrogen-bond donors (Lipinski definition) is 1. The molecule has 0 unspecified atom stereocenters. The lowest BCUT2D eigenvalue weighted by Crippen LogP contribution is -2.55. The van der Waals surface area contributed by atoms with Crippen LogP contribution in [0.25, 0.3) is 0 Å². The third-order valence-electron chi connectivity index (χ3n) is 2.71. The van der Waals surface area contributed by atoms with Crippen molar-refractivity contribution in [2.45, 2.75) is 44.6 Å². The van der Waals surface area contributed by atoms with E-state index in [4.69, 9.17) is 11.6 Å². The van der Waals surface area contributed by atoms with E-state index in [0.717, 1.165) is 25.7 Å². The van der Waals surface area contributed by atoms with Gasteiger partial charge >= 0.3 is 0 Å². The fourth-order valence-corrected chi connectivity index (χ4v) is 3.70. The zero-order valence-electron chi connectivity index (χ0n) is 8.55. The van der Waals surface area contributed by atoms with E-state index in [1.807, 2.05) is 6.92 Å². The van der Waals surface area contributed by atoms with Gasteiger partial charge in [0.25, 0.3) is 0 Å². The van der Waals surface area contributed by atoms with E-state index >= 15 is 0 Å². The molecule has 0 bridgehead atoms. The Hall–Kier alpha value is 0.200. The zero-order chi connectivity index (χ0) is 10.7. The monoisotopic (exact) mass is 239 g/mol. The maximum absolute atomic E-state index is 11.6. The third kappa shape index (κ3) is 3.11. The van der Waals surface area contributed by atoms with Gasteiger partial charge < -0.3 is 0 Å². The summed E-state index contributed by atoms with van der Waals surface area (Å²) in [5.41, 5.74) is -0.325. The smallest absolute Gasteiger partial charge is 0.212 e. The normalized spacial score (nSPS) is 20.4. The van der Waals surface area contributed by atoms with E-state index in [1.54, 1.807) is 0 Å². The van der Waals surface area contributed by atoms with Crippen LogP contribution in [0.3, 0.4) is 0 Å². The molecule has 0 spiro atoms. The Morgan fingerprint density at radius 2 is 2.07 bits per heavy atom. The molecule has 5 heteroatoms. The summed E-state index contributed by atoms with van der Waals surface area (Å²) in [5, 5.41) is 0. The highest BCUT2D eigenvalue weighted by molar-refractivity contribution is 7.89. The standard InChI is InChI=1S/C9H18ClNO2S/c1-2-3-7-14(12,13)11-9(8-10)5-4-6-9/h11H,2-8H2,1H3. The quantitative estimate of drug-likeness (QED) is 0.720. The molecule has 1 fully saturated rings. The lowest BCUT2D eigenvalue weighted by atomic mass is 9.79. The minimum absolute atomic E-state index is 0.224. The van der Waals surface area contributed by atoms with E-state index in [1.165, 1.54) is 0 Å². The van der Waals surface area contributed by atoms with Crippen molar-refractivity contribution in [1.29, 1.82) is 0 Å². The highest BCUT2D eigenvalue weighted by atomic mass is 35.5. The van der Waals surface area contributed by atoms with Crippen LogP contribution in [0.5, 0.6) is 0 Å². The van der Waals surface area contributed by atoms with Gasteiger partial charge in [-0.05, 0) is 25.7 Å². The van der Waals surface area contributed by atoms with Crippen molar-refractivity contribution in [2.24, 2.45) is 0 Å². The van der Waals surface area contributed by atoms with E-state index in [9.17, 15) is 8.42 Å². The Morgan fingerprint density at radius 1 is 1.43 bits per heavy atom. The lowest BCUT2D eigenvalue weighted by Gasteiger charge is -2.40. The van der Waals surface area contributed by atoms with Crippen LogP contribution in [0.2, 0.25) is 0 Å². The fraction of sp³-hybridized carbons (Fsp3) is 1.00. The molecule has 1 aliphatic carbocycles. The second-order valence-electron chi connectivity index (χ2n) is 4.04. The summed E-state index contributed by atoms with van der Waals surface area (Å²) in [6, 6.07) is 0. The van der Waals surface area contributed by atoms with Gasteiger partial charge in [0.05, 0.1) is 5.75 Å². The molecule has 0 radical (unpaired) electrons. The number of nitrogens with one attached hydrogen (secondary N) is 1. The third-order valence-corrected chi connectivity index (χ3v) is 4.79. The van der Waals surface area contributed by atoms with Gasteiger partial charge in [-0.1, -0.05) is 13.3 Å². The number of alkyl halides is 1. The number of halogens is 1. The molecule has 1 saturated carbocycles. The SMILES string of the molecule is CCCCS(=O)(=O)NC1(CCl)CCC1. The highest BCUT2D eigenvalue weighted by Crippen LogP contribution is 2.33. The average molecular weight is 240 g/mol. The number of sulfonamides is 1. The van der Waals surface area contributed by atoms with Gasteiger partial charge in [-0.2, -0.15) is 0 Å². The molecule has 1 N–H and O–H groups in total. The maximum Gasteiger partial charge on any atom is 0.212 e. The number of unbranched alkanes of at least 4 members (excludes halogenated alkanes) is 1. The molecule has 1 rings (SSSR count). The van der Waals surface area contributed by atoms with Crippen LogP contribution in [0.4, 0.5) is 0 Å². The van der Waals surface area contributed by atoms with Crippen molar-refractivity contribution in [3.63, 3.8) is 0 Å². The fourth-order valence-electron chi connectivity index (χ4n) is 1.58. The first-order valence-corrected chi connectivity index (χ1v) is 7.30. The Bertz CT molecular complexity index is 267. The summed E-state index contributed by atoms with van der Waals surface area (Å²) >= 11 is 5.77. The molecule has 0 aromatic heterocycles. The number of rotatable bonds is 6. The van der Waals surface area contributed by atoms with Crippen molar-refractivity contribution >= 4 is 21.6 Å². The van der Waals surface area contributed by atoms with Crippen LogP contribution in [0.15, 0.2) is 0 Å². The molecule has 84 valence electrons. The predicted octanol–water partition coefficient (Wildman–Crippen LogP) is 1.87. The maximum atomic E-state index is 11.6. The Kier molecular flexibility index (Phi) is 4.22. The summed E-state index contributed by atoms with van der Waals surface area (Å²) in [6.07, 6.45) is 4.44.